The van der Waals surface area contributed by atoms with Crippen LogP contribution in [0.25, 0.3) is 16.7 Å². The highest BCUT2D eigenvalue weighted by Crippen LogP contribution is 2.22. The Kier molecular flexibility index (Phi) is 2.83. The summed E-state index contributed by atoms with van der Waals surface area (Å²) in [6, 6.07) is 7.34. The van der Waals surface area contributed by atoms with E-state index in [1.54, 1.807) is 17.0 Å². The van der Waals surface area contributed by atoms with Crippen LogP contribution in [0.5, 0.6) is 0 Å². The molecular formula is C13H8ClF2N3. The fourth-order valence-corrected chi connectivity index (χ4v) is 2.02. The van der Waals surface area contributed by atoms with Gasteiger partial charge in [0, 0.05) is 29.4 Å². The topological polar surface area (TPSA) is 29.9 Å². The number of aromatic nitrogens is 2. The summed E-state index contributed by atoms with van der Waals surface area (Å²) in [7, 11) is 0. The van der Waals surface area contributed by atoms with Gasteiger partial charge in [0.1, 0.15) is 5.65 Å². The van der Waals surface area contributed by atoms with Crippen molar-refractivity contribution in [2.24, 2.45) is 0 Å². The van der Waals surface area contributed by atoms with Crippen molar-refractivity contribution in [1.82, 2.24) is 9.55 Å². The predicted octanol–water partition coefficient (Wildman–Crippen LogP) is 3.87. The lowest BCUT2D eigenvalue weighted by molar-refractivity contribution is 0.508. The minimum Gasteiger partial charge on any atom is -0.301 e. The third-order valence-electron chi connectivity index (χ3n) is 2.82. The Hall–Kier alpha value is -2.14. The first-order chi connectivity index (χ1) is 9.19. The van der Waals surface area contributed by atoms with Gasteiger partial charge in [-0.25, -0.2) is 13.8 Å². The molecule has 6 heteroatoms. The summed E-state index contributed by atoms with van der Waals surface area (Å²) in [6.07, 6.45) is 3.30. The van der Waals surface area contributed by atoms with Crippen LogP contribution in [0.1, 0.15) is 0 Å². The molecule has 0 aliphatic rings. The Morgan fingerprint density at radius 3 is 2.68 bits per heavy atom. The van der Waals surface area contributed by atoms with E-state index < -0.39 is 11.6 Å². The molecule has 0 fully saturated rings. The fourth-order valence-electron chi connectivity index (χ4n) is 1.92. The number of pyridine rings is 1. The number of fused-ring (bicyclic) bond motifs is 1. The first-order valence-corrected chi connectivity index (χ1v) is 5.86. The Balaban J connectivity index is 2.17. The van der Waals surface area contributed by atoms with Gasteiger partial charge in [-0.3, -0.25) is 4.84 Å². The van der Waals surface area contributed by atoms with E-state index in [2.05, 4.69) is 9.82 Å². The number of nitrogens with one attached hydrogen (secondary N) is 1. The average Bonchev–Trinajstić information content (AvgIpc) is 2.84. The molecule has 1 N–H and O–H groups in total. The SMILES string of the molecule is Fc1ccc(-n2ccc3cc(NCl)cnc32)cc1F. The van der Waals surface area contributed by atoms with Crippen LogP contribution in [0.3, 0.4) is 0 Å². The molecule has 0 atom stereocenters. The van der Waals surface area contributed by atoms with E-state index >= 15 is 0 Å². The molecule has 0 unspecified atom stereocenters. The lowest BCUT2D eigenvalue weighted by atomic mass is 10.3. The normalized spacial score (nSPS) is 10.9. The van der Waals surface area contributed by atoms with Gasteiger partial charge in [-0.15, -0.1) is 0 Å². The third-order valence-corrected chi connectivity index (χ3v) is 3.04. The predicted molar refractivity (Wildman–Crippen MR) is 70.5 cm³/mol. The van der Waals surface area contributed by atoms with Crippen molar-refractivity contribution in [2.75, 3.05) is 4.84 Å². The first kappa shape index (κ1) is 11.9. The summed E-state index contributed by atoms with van der Waals surface area (Å²) in [5.41, 5.74) is 1.81. The van der Waals surface area contributed by atoms with Gasteiger partial charge in [0.15, 0.2) is 11.6 Å². The van der Waals surface area contributed by atoms with Crippen LogP contribution in [0.15, 0.2) is 42.7 Å². The maximum atomic E-state index is 13.3. The zero-order valence-electron chi connectivity index (χ0n) is 9.57. The molecule has 2 heterocycles. The van der Waals surface area contributed by atoms with Crippen LogP contribution in [0.4, 0.5) is 14.5 Å². The quantitative estimate of drug-likeness (QED) is 0.722. The first-order valence-electron chi connectivity index (χ1n) is 5.48. The Morgan fingerprint density at radius 2 is 1.95 bits per heavy atom. The van der Waals surface area contributed by atoms with E-state index in [-0.39, 0.29) is 0 Å². The van der Waals surface area contributed by atoms with Gasteiger partial charge in [0.2, 0.25) is 0 Å². The zero-order chi connectivity index (χ0) is 13.4. The van der Waals surface area contributed by atoms with E-state index in [4.69, 9.17) is 11.8 Å². The second-order valence-corrected chi connectivity index (χ2v) is 4.20. The molecule has 1 aromatic carbocycles. The molecule has 19 heavy (non-hydrogen) atoms. The van der Waals surface area contributed by atoms with Crippen LogP contribution in [0.2, 0.25) is 0 Å². The number of rotatable bonds is 2. The molecular weight excluding hydrogens is 272 g/mol. The summed E-state index contributed by atoms with van der Waals surface area (Å²) in [4.78, 5) is 6.72. The summed E-state index contributed by atoms with van der Waals surface area (Å²) in [5.74, 6) is -1.76. The Morgan fingerprint density at radius 1 is 1.11 bits per heavy atom. The van der Waals surface area contributed by atoms with Gasteiger partial charge >= 0.3 is 0 Å². The summed E-state index contributed by atoms with van der Waals surface area (Å²) in [6.45, 7) is 0. The van der Waals surface area contributed by atoms with Crippen LogP contribution in [0, 0.1) is 11.6 Å². The van der Waals surface area contributed by atoms with Crippen LogP contribution >= 0.6 is 11.8 Å². The van der Waals surface area contributed by atoms with E-state index in [0.717, 1.165) is 17.5 Å². The average molecular weight is 280 g/mol. The second-order valence-electron chi connectivity index (χ2n) is 4.02. The number of hydrogen-bond donors (Lipinski definition) is 1. The molecule has 0 bridgehead atoms. The van der Waals surface area contributed by atoms with Crippen molar-refractivity contribution in [2.45, 2.75) is 0 Å². The highest BCUT2D eigenvalue weighted by Gasteiger charge is 2.08. The summed E-state index contributed by atoms with van der Waals surface area (Å²) in [5, 5.41) is 0.843. The third kappa shape index (κ3) is 2.02. The highest BCUT2D eigenvalue weighted by atomic mass is 35.5. The van der Waals surface area contributed by atoms with Crippen molar-refractivity contribution in [3.63, 3.8) is 0 Å². The van der Waals surface area contributed by atoms with Gasteiger partial charge in [-0.2, -0.15) is 0 Å². The summed E-state index contributed by atoms with van der Waals surface area (Å²) < 4.78 is 27.9. The van der Waals surface area contributed by atoms with E-state index in [9.17, 15) is 8.78 Å². The van der Waals surface area contributed by atoms with Gasteiger partial charge in [0.05, 0.1) is 17.6 Å². The van der Waals surface area contributed by atoms with Gasteiger partial charge in [-0.05, 0) is 24.3 Å². The van der Waals surface area contributed by atoms with Crippen molar-refractivity contribution in [3.8, 4) is 5.69 Å². The molecule has 0 radical (unpaired) electrons. The number of halogens is 3. The molecule has 0 aliphatic heterocycles. The minimum atomic E-state index is -0.890. The van der Waals surface area contributed by atoms with Gasteiger partial charge < -0.3 is 4.57 Å². The van der Waals surface area contributed by atoms with E-state index in [0.29, 0.717) is 17.0 Å². The molecule has 0 saturated heterocycles. The Bertz CT molecular complexity index is 755. The highest BCUT2D eigenvalue weighted by molar-refractivity contribution is 6.24. The van der Waals surface area contributed by atoms with Crippen molar-refractivity contribution >= 4 is 28.5 Å². The zero-order valence-corrected chi connectivity index (χ0v) is 10.3. The van der Waals surface area contributed by atoms with Crippen molar-refractivity contribution in [1.29, 1.82) is 0 Å². The van der Waals surface area contributed by atoms with Crippen LogP contribution < -0.4 is 4.84 Å². The monoisotopic (exact) mass is 279 g/mol. The molecule has 0 saturated carbocycles. The molecule has 0 aliphatic carbocycles. The van der Waals surface area contributed by atoms with Crippen molar-refractivity contribution in [3.05, 3.63) is 54.4 Å². The number of benzene rings is 1. The molecule has 2 aromatic heterocycles. The lowest BCUT2D eigenvalue weighted by Crippen LogP contribution is -1.96. The Labute approximate surface area is 112 Å². The summed E-state index contributed by atoms with van der Waals surface area (Å²) >= 11 is 5.50. The molecule has 96 valence electrons. The second kappa shape index (κ2) is 4.51. The van der Waals surface area contributed by atoms with Crippen molar-refractivity contribution < 1.29 is 8.78 Å². The number of nitrogens with zero attached hydrogens (tertiary/aromatic N) is 2. The standard InChI is InChI=1S/C13H8ClF2N3/c14-18-9-5-8-3-4-19(13(8)17-7-9)10-1-2-11(15)12(16)6-10/h1-7,18H. The number of anilines is 1. The number of hydrogen-bond acceptors (Lipinski definition) is 2. The van der Waals surface area contributed by atoms with Crippen LogP contribution in [-0.2, 0) is 0 Å². The fraction of sp³-hybridized carbons (Fsp3) is 0. The van der Waals surface area contributed by atoms with Gasteiger partial charge in [-0.1, -0.05) is 0 Å². The molecule has 0 spiro atoms. The molecule has 0 amide bonds. The molecule has 3 aromatic rings. The minimum absolute atomic E-state index is 0.507. The van der Waals surface area contributed by atoms with E-state index in [1.165, 1.54) is 6.07 Å². The van der Waals surface area contributed by atoms with E-state index in [1.807, 2.05) is 12.1 Å². The van der Waals surface area contributed by atoms with Crippen LogP contribution in [-0.4, -0.2) is 9.55 Å². The lowest BCUT2D eigenvalue weighted by Gasteiger charge is -2.05. The largest absolute Gasteiger partial charge is 0.301 e. The smallest absolute Gasteiger partial charge is 0.160 e. The maximum absolute atomic E-state index is 13.3. The molecule has 3 nitrogen and oxygen atoms in total. The maximum Gasteiger partial charge on any atom is 0.160 e. The van der Waals surface area contributed by atoms with Gasteiger partial charge in [0.25, 0.3) is 0 Å². The molecule has 3 rings (SSSR count).